The van der Waals surface area contributed by atoms with Crippen molar-refractivity contribution in [2.75, 3.05) is 38.2 Å². The number of pyridine rings is 1. The van der Waals surface area contributed by atoms with Crippen LogP contribution in [0.1, 0.15) is 11.1 Å². The molecule has 172 valence electrons. The van der Waals surface area contributed by atoms with E-state index in [0.717, 1.165) is 24.3 Å². The molecule has 0 N–H and O–H groups in total. The van der Waals surface area contributed by atoms with E-state index < -0.39 is 0 Å². The average molecular weight is 455 g/mol. The molecule has 34 heavy (non-hydrogen) atoms. The van der Waals surface area contributed by atoms with Crippen LogP contribution in [-0.2, 0) is 16.1 Å². The zero-order chi connectivity index (χ0) is 23.5. The minimum Gasteiger partial charge on any atom is -0.496 e. The summed E-state index contributed by atoms with van der Waals surface area (Å²) >= 11 is 0. The molecule has 0 saturated carbocycles. The van der Waals surface area contributed by atoms with Crippen LogP contribution in [-0.4, -0.2) is 59.9 Å². The van der Waals surface area contributed by atoms with Gasteiger partial charge in [-0.3, -0.25) is 19.5 Å². The van der Waals surface area contributed by atoms with Crippen LogP contribution in [0.15, 0.2) is 84.8 Å². The maximum absolute atomic E-state index is 13.7. The topological polar surface area (TPSA) is 66.0 Å². The minimum absolute atomic E-state index is 0.201. The Labute approximate surface area is 198 Å². The van der Waals surface area contributed by atoms with E-state index in [-0.39, 0.29) is 18.4 Å². The number of methoxy groups -OCH3 is 1. The van der Waals surface area contributed by atoms with Crippen molar-refractivity contribution < 1.29 is 14.3 Å². The number of hydrogen-bond donors (Lipinski definition) is 0. The highest BCUT2D eigenvalue weighted by atomic mass is 16.5. The van der Waals surface area contributed by atoms with Gasteiger partial charge in [0.1, 0.15) is 11.4 Å². The lowest BCUT2D eigenvalue weighted by Crippen LogP contribution is -2.47. The van der Waals surface area contributed by atoms with Crippen LogP contribution < -0.4 is 9.64 Å². The smallest absolute Gasteiger partial charge is 0.278 e. The molecule has 2 aliphatic heterocycles. The first kappa shape index (κ1) is 21.7. The van der Waals surface area contributed by atoms with Gasteiger partial charge in [0.15, 0.2) is 0 Å². The molecule has 0 spiro atoms. The van der Waals surface area contributed by atoms with Crippen LogP contribution in [0, 0.1) is 0 Å². The van der Waals surface area contributed by atoms with Gasteiger partial charge in [-0.25, -0.2) is 0 Å². The zero-order valence-corrected chi connectivity index (χ0v) is 19.1. The fourth-order valence-corrected chi connectivity index (χ4v) is 4.59. The summed E-state index contributed by atoms with van der Waals surface area (Å²) in [6.07, 6.45) is 3.33. The normalized spacial score (nSPS) is 16.4. The van der Waals surface area contributed by atoms with E-state index in [1.54, 1.807) is 19.5 Å². The summed E-state index contributed by atoms with van der Waals surface area (Å²) in [5.74, 6) is 0.00696. The largest absolute Gasteiger partial charge is 0.496 e. The van der Waals surface area contributed by atoms with Gasteiger partial charge in [0, 0.05) is 49.8 Å². The van der Waals surface area contributed by atoms with Crippen LogP contribution in [0.4, 0.5) is 5.69 Å². The van der Waals surface area contributed by atoms with Crippen molar-refractivity contribution in [1.29, 1.82) is 0 Å². The molecule has 0 bridgehead atoms. The number of para-hydroxylation sites is 2. The molecular formula is C27H26N4O3. The number of carbonyl (C=O) groups excluding carboxylic acids is 2. The number of nitrogens with zero attached hydrogens (tertiary/aromatic N) is 4. The number of rotatable bonds is 6. The number of hydrogen-bond acceptors (Lipinski definition) is 6. The molecule has 2 amide bonds. The molecule has 7 nitrogen and oxygen atoms in total. The first-order valence-electron chi connectivity index (χ1n) is 11.3. The van der Waals surface area contributed by atoms with Gasteiger partial charge in [-0.1, -0.05) is 36.4 Å². The second kappa shape index (κ2) is 9.39. The van der Waals surface area contributed by atoms with Gasteiger partial charge in [0.2, 0.25) is 0 Å². The average Bonchev–Trinajstić information content (AvgIpc) is 3.14. The highest BCUT2D eigenvalue weighted by molar-refractivity contribution is 6.35. The van der Waals surface area contributed by atoms with Crippen molar-refractivity contribution in [3.05, 3.63) is 95.9 Å². The van der Waals surface area contributed by atoms with Crippen molar-refractivity contribution in [3.63, 3.8) is 0 Å². The van der Waals surface area contributed by atoms with Crippen LogP contribution in [0.25, 0.3) is 5.57 Å². The third kappa shape index (κ3) is 4.01. The number of anilines is 1. The highest BCUT2D eigenvalue weighted by Crippen LogP contribution is 2.37. The predicted molar refractivity (Wildman–Crippen MR) is 130 cm³/mol. The summed E-state index contributed by atoms with van der Waals surface area (Å²) < 4.78 is 5.55. The molecule has 2 aliphatic rings. The van der Waals surface area contributed by atoms with Crippen molar-refractivity contribution in [1.82, 2.24) is 14.8 Å². The second-order valence-corrected chi connectivity index (χ2v) is 8.29. The van der Waals surface area contributed by atoms with Crippen molar-refractivity contribution in [2.45, 2.75) is 6.54 Å². The lowest BCUT2D eigenvalue weighted by molar-refractivity contribution is -0.138. The molecule has 1 fully saturated rings. The molecule has 3 heterocycles. The molecular weight excluding hydrogens is 428 g/mol. The number of aromatic nitrogens is 1. The van der Waals surface area contributed by atoms with Crippen molar-refractivity contribution in [2.24, 2.45) is 0 Å². The number of amides is 2. The number of imide groups is 1. The first-order valence-corrected chi connectivity index (χ1v) is 11.3. The fourth-order valence-electron chi connectivity index (χ4n) is 4.59. The molecule has 5 rings (SSSR count). The van der Waals surface area contributed by atoms with Crippen LogP contribution in [0.3, 0.4) is 0 Å². The van der Waals surface area contributed by atoms with Gasteiger partial charge >= 0.3 is 0 Å². The zero-order valence-electron chi connectivity index (χ0n) is 19.1. The summed E-state index contributed by atoms with van der Waals surface area (Å²) in [5, 5.41) is 0. The Morgan fingerprint density at radius 1 is 0.794 bits per heavy atom. The highest BCUT2D eigenvalue weighted by Gasteiger charge is 2.43. The molecule has 0 unspecified atom stereocenters. The quantitative estimate of drug-likeness (QED) is 0.533. The Balaban J connectivity index is 1.49. The minimum atomic E-state index is -0.299. The molecule has 3 aromatic rings. The van der Waals surface area contributed by atoms with E-state index in [9.17, 15) is 9.59 Å². The summed E-state index contributed by atoms with van der Waals surface area (Å²) in [6.45, 7) is 3.01. The Bertz CT molecular complexity index is 1220. The summed E-state index contributed by atoms with van der Waals surface area (Å²) in [5.41, 5.74) is 3.52. The number of benzene rings is 2. The van der Waals surface area contributed by atoms with E-state index in [1.165, 1.54) is 4.90 Å². The van der Waals surface area contributed by atoms with E-state index in [1.807, 2.05) is 59.5 Å². The Morgan fingerprint density at radius 3 is 2.15 bits per heavy atom. The number of piperazine rings is 1. The lowest BCUT2D eigenvalue weighted by atomic mass is 10.0. The van der Waals surface area contributed by atoms with Crippen molar-refractivity contribution in [3.8, 4) is 5.75 Å². The monoisotopic (exact) mass is 454 g/mol. The van der Waals surface area contributed by atoms with Gasteiger partial charge in [-0.15, -0.1) is 0 Å². The predicted octanol–water partition coefficient (Wildman–Crippen LogP) is 3.19. The van der Waals surface area contributed by atoms with E-state index in [2.05, 4.69) is 22.0 Å². The molecule has 0 atom stereocenters. The molecule has 2 aromatic carbocycles. The van der Waals surface area contributed by atoms with E-state index in [4.69, 9.17) is 4.74 Å². The number of ether oxygens (including phenoxy) is 1. The number of carbonyl (C=O) groups is 2. The summed E-state index contributed by atoms with van der Waals surface area (Å²) in [4.78, 5) is 37.1. The molecule has 1 saturated heterocycles. The van der Waals surface area contributed by atoms with Gasteiger partial charge < -0.3 is 14.5 Å². The van der Waals surface area contributed by atoms with Gasteiger partial charge in [0.05, 0.1) is 19.2 Å². The molecule has 0 radical (unpaired) electrons. The fraction of sp³-hybridized carbons (Fsp3) is 0.222. The van der Waals surface area contributed by atoms with E-state index in [0.29, 0.717) is 35.7 Å². The maximum atomic E-state index is 13.7. The summed E-state index contributed by atoms with van der Waals surface area (Å²) in [7, 11) is 1.58. The Morgan fingerprint density at radius 2 is 1.44 bits per heavy atom. The standard InChI is InChI=1S/C27H26N4O3/c1-34-23-10-6-5-9-22(23)24-25(27(33)31(26(24)32)19-20-11-13-28-14-12-20)30-17-15-29(16-18-30)21-7-3-2-4-8-21/h2-14H,15-19H2,1H3. The maximum Gasteiger partial charge on any atom is 0.278 e. The van der Waals surface area contributed by atoms with Crippen LogP contribution in [0.5, 0.6) is 5.75 Å². The lowest BCUT2D eigenvalue weighted by Gasteiger charge is -2.37. The van der Waals surface area contributed by atoms with E-state index >= 15 is 0 Å². The third-order valence-corrected chi connectivity index (χ3v) is 6.33. The van der Waals surface area contributed by atoms with Crippen LogP contribution >= 0.6 is 0 Å². The van der Waals surface area contributed by atoms with Gasteiger partial charge in [0.25, 0.3) is 11.8 Å². The Hall–Kier alpha value is -4.13. The molecule has 1 aromatic heterocycles. The third-order valence-electron chi connectivity index (χ3n) is 6.33. The summed E-state index contributed by atoms with van der Waals surface area (Å²) in [6, 6.07) is 21.3. The van der Waals surface area contributed by atoms with Crippen molar-refractivity contribution >= 4 is 23.1 Å². The second-order valence-electron chi connectivity index (χ2n) is 8.29. The first-order chi connectivity index (χ1) is 16.7. The van der Waals surface area contributed by atoms with Crippen LogP contribution in [0.2, 0.25) is 0 Å². The molecule has 0 aliphatic carbocycles. The van der Waals surface area contributed by atoms with Gasteiger partial charge in [-0.2, -0.15) is 0 Å². The molecule has 7 heteroatoms. The Kier molecular flexibility index (Phi) is 5.99. The SMILES string of the molecule is COc1ccccc1C1=C(N2CCN(c3ccccc3)CC2)C(=O)N(Cc2ccncc2)C1=O. The van der Waals surface area contributed by atoms with Gasteiger partial charge in [-0.05, 0) is 35.9 Å².